The number of nitrogens with zero attached hydrogens (tertiary/aromatic N) is 2. The van der Waals surface area contributed by atoms with Gasteiger partial charge in [-0.2, -0.15) is 0 Å². The van der Waals surface area contributed by atoms with Crippen molar-refractivity contribution in [3.63, 3.8) is 0 Å². The topological polar surface area (TPSA) is 82.5 Å². The zero-order valence-electron chi connectivity index (χ0n) is 11.0. The van der Waals surface area contributed by atoms with Crippen LogP contribution in [0.25, 0.3) is 0 Å². The summed E-state index contributed by atoms with van der Waals surface area (Å²) in [4.78, 5) is 28.6. The summed E-state index contributed by atoms with van der Waals surface area (Å²) in [5.41, 5.74) is 0.0592. The average Bonchev–Trinajstić information content (AvgIpc) is 2.72. The number of hydrogen-bond acceptors (Lipinski definition) is 3. The van der Waals surface area contributed by atoms with Gasteiger partial charge in [0.15, 0.2) is 0 Å². The number of rotatable bonds is 4. The summed E-state index contributed by atoms with van der Waals surface area (Å²) < 4.78 is 0. The lowest BCUT2D eigenvalue weighted by Gasteiger charge is -2.33. The molecule has 2 amide bonds. The standard InChI is InChI=1S/C13H17N3O3/c1-13(2,7-11(17)18)16-8-10(15-12(16)19)9-5-3-4-6-14-9/h3-6,10H,7-8H2,1-2H3,(H,15,19)(H,17,18). The predicted molar refractivity (Wildman–Crippen MR) is 68.5 cm³/mol. The number of carboxylic acid groups (broad SMARTS) is 1. The van der Waals surface area contributed by atoms with Gasteiger partial charge in [0.05, 0.1) is 18.2 Å². The Kier molecular flexibility index (Phi) is 3.42. The van der Waals surface area contributed by atoms with Crippen molar-refractivity contribution < 1.29 is 14.7 Å². The molecule has 1 unspecified atom stereocenters. The fraction of sp³-hybridized carbons (Fsp3) is 0.462. The molecular formula is C13H17N3O3. The monoisotopic (exact) mass is 263 g/mol. The van der Waals surface area contributed by atoms with Crippen molar-refractivity contribution in [2.24, 2.45) is 0 Å². The van der Waals surface area contributed by atoms with E-state index < -0.39 is 11.5 Å². The van der Waals surface area contributed by atoms with Crippen molar-refractivity contribution in [3.8, 4) is 0 Å². The van der Waals surface area contributed by atoms with E-state index in [9.17, 15) is 9.59 Å². The highest BCUT2D eigenvalue weighted by atomic mass is 16.4. The second kappa shape index (κ2) is 4.87. The molecule has 2 N–H and O–H groups in total. The molecule has 1 fully saturated rings. The summed E-state index contributed by atoms with van der Waals surface area (Å²) in [5.74, 6) is -0.918. The van der Waals surface area contributed by atoms with Gasteiger partial charge in [0, 0.05) is 18.3 Å². The molecule has 1 aromatic heterocycles. The molecule has 0 spiro atoms. The second-order valence-electron chi connectivity index (χ2n) is 5.25. The van der Waals surface area contributed by atoms with E-state index in [1.54, 1.807) is 24.9 Å². The van der Waals surface area contributed by atoms with E-state index in [-0.39, 0.29) is 18.5 Å². The number of carbonyl (C=O) groups excluding carboxylic acids is 1. The maximum absolute atomic E-state index is 12.0. The first-order chi connectivity index (χ1) is 8.90. The minimum absolute atomic E-state index is 0.0879. The van der Waals surface area contributed by atoms with Gasteiger partial charge < -0.3 is 15.3 Å². The maximum atomic E-state index is 12.0. The molecule has 1 saturated heterocycles. The van der Waals surface area contributed by atoms with Gasteiger partial charge in [-0.05, 0) is 26.0 Å². The zero-order valence-corrected chi connectivity index (χ0v) is 11.0. The van der Waals surface area contributed by atoms with Crippen molar-refractivity contribution in [1.82, 2.24) is 15.2 Å². The SMILES string of the molecule is CC(C)(CC(=O)O)N1CC(c2ccccn2)NC1=O. The highest BCUT2D eigenvalue weighted by molar-refractivity contribution is 5.79. The summed E-state index contributed by atoms with van der Waals surface area (Å²) in [6.45, 7) is 3.93. The lowest BCUT2D eigenvalue weighted by Crippen LogP contribution is -2.47. The van der Waals surface area contributed by atoms with Gasteiger partial charge in [0.25, 0.3) is 0 Å². The Morgan fingerprint density at radius 3 is 2.89 bits per heavy atom. The first-order valence-corrected chi connectivity index (χ1v) is 6.11. The smallest absolute Gasteiger partial charge is 0.318 e. The number of hydrogen-bond donors (Lipinski definition) is 2. The van der Waals surface area contributed by atoms with Crippen LogP contribution in [0.4, 0.5) is 4.79 Å². The third-order valence-electron chi connectivity index (χ3n) is 3.27. The van der Waals surface area contributed by atoms with Gasteiger partial charge >= 0.3 is 12.0 Å². The Morgan fingerprint density at radius 1 is 1.58 bits per heavy atom. The van der Waals surface area contributed by atoms with E-state index in [1.807, 2.05) is 18.2 Å². The Balaban J connectivity index is 2.14. The lowest BCUT2D eigenvalue weighted by atomic mass is 9.98. The lowest BCUT2D eigenvalue weighted by molar-refractivity contribution is -0.139. The van der Waals surface area contributed by atoms with Crippen LogP contribution in [0.2, 0.25) is 0 Å². The summed E-state index contributed by atoms with van der Waals surface area (Å²) in [6.07, 6.45) is 1.59. The molecule has 0 saturated carbocycles. The minimum atomic E-state index is -0.918. The number of carbonyl (C=O) groups is 2. The Labute approximate surface area is 111 Å². The van der Waals surface area contributed by atoms with E-state index in [1.165, 1.54) is 0 Å². The van der Waals surface area contributed by atoms with Crippen LogP contribution in [0.3, 0.4) is 0 Å². The zero-order chi connectivity index (χ0) is 14.0. The molecule has 1 atom stereocenters. The van der Waals surface area contributed by atoms with Crippen molar-refractivity contribution in [1.29, 1.82) is 0 Å². The van der Waals surface area contributed by atoms with Crippen LogP contribution in [0.15, 0.2) is 24.4 Å². The van der Waals surface area contributed by atoms with E-state index in [0.29, 0.717) is 6.54 Å². The first-order valence-electron chi connectivity index (χ1n) is 6.11. The van der Waals surface area contributed by atoms with Crippen molar-refractivity contribution in [3.05, 3.63) is 30.1 Å². The molecular weight excluding hydrogens is 246 g/mol. The first kappa shape index (κ1) is 13.3. The van der Waals surface area contributed by atoms with E-state index in [0.717, 1.165) is 5.69 Å². The number of carboxylic acids is 1. The van der Waals surface area contributed by atoms with Crippen molar-refractivity contribution in [2.45, 2.75) is 31.8 Å². The number of amides is 2. The van der Waals surface area contributed by atoms with Gasteiger partial charge in [0.2, 0.25) is 0 Å². The number of pyridine rings is 1. The van der Waals surface area contributed by atoms with Crippen LogP contribution in [-0.2, 0) is 4.79 Å². The number of nitrogens with one attached hydrogen (secondary N) is 1. The molecule has 102 valence electrons. The van der Waals surface area contributed by atoms with E-state index in [4.69, 9.17) is 5.11 Å². The molecule has 6 nitrogen and oxygen atoms in total. The molecule has 1 aliphatic heterocycles. The highest BCUT2D eigenvalue weighted by Gasteiger charge is 2.40. The molecule has 0 radical (unpaired) electrons. The van der Waals surface area contributed by atoms with Crippen LogP contribution in [0.5, 0.6) is 0 Å². The molecule has 0 aliphatic carbocycles. The highest BCUT2D eigenvalue weighted by Crippen LogP contribution is 2.27. The van der Waals surface area contributed by atoms with E-state index in [2.05, 4.69) is 10.3 Å². The third-order valence-corrected chi connectivity index (χ3v) is 3.27. The summed E-state index contributed by atoms with van der Waals surface area (Å²) >= 11 is 0. The molecule has 1 aromatic rings. The van der Waals surface area contributed by atoms with Crippen LogP contribution >= 0.6 is 0 Å². The van der Waals surface area contributed by atoms with Gasteiger partial charge in [-0.25, -0.2) is 4.79 Å². The largest absolute Gasteiger partial charge is 0.481 e. The Morgan fingerprint density at radius 2 is 2.32 bits per heavy atom. The predicted octanol–water partition coefficient (Wildman–Crippen LogP) is 1.40. The van der Waals surface area contributed by atoms with Gasteiger partial charge in [-0.1, -0.05) is 6.07 Å². The number of aromatic nitrogens is 1. The fourth-order valence-corrected chi connectivity index (χ4v) is 2.28. The fourth-order valence-electron chi connectivity index (χ4n) is 2.28. The molecule has 1 aliphatic rings. The molecule has 19 heavy (non-hydrogen) atoms. The molecule has 2 heterocycles. The molecule has 0 bridgehead atoms. The Bertz CT molecular complexity index is 487. The third kappa shape index (κ3) is 2.83. The van der Waals surface area contributed by atoms with Crippen LogP contribution < -0.4 is 5.32 Å². The maximum Gasteiger partial charge on any atom is 0.318 e. The summed E-state index contributed by atoms with van der Waals surface area (Å²) in [5, 5.41) is 11.7. The minimum Gasteiger partial charge on any atom is -0.481 e. The average molecular weight is 263 g/mol. The van der Waals surface area contributed by atoms with Crippen LogP contribution in [0, 0.1) is 0 Å². The van der Waals surface area contributed by atoms with Crippen molar-refractivity contribution >= 4 is 12.0 Å². The second-order valence-corrected chi connectivity index (χ2v) is 5.25. The Hall–Kier alpha value is -2.11. The molecule has 2 rings (SSSR count). The normalized spacial score (nSPS) is 19.4. The van der Waals surface area contributed by atoms with Crippen LogP contribution in [-0.4, -0.2) is 39.1 Å². The quantitative estimate of drug-likeness (QED) is 0.860. The molecule has 0 aromatic carbocycles. The van der Waals surface area contributed by atoms with Gasteiger partial charge in [0.1, 0.15) is 0 Å². The number of aliphatic carboxylic acids is 1. The molecule has 6 heteroatoms. The summed E-state index contributed by atoms with van der Waals surface area (Å²) in [6, 6.07) is 5.08. The van der Waals surface area contributed by atoms with Crippen LogP contribution in [0.1, 0.15) is 32.0 Å². The van der Waals surface area contributed by atoms with Gasteiger partial charge in [-0.15, -0.1) is 0 Å². The summed E-state index contributed by atoms with van der Waals surface area (Å²) in [7, 11) is 0. The number of urea groups is 1. The van der Waals surface area contributed by atoms with Crippen molar-refractivity contribution in [2.75, 3.05) is 6.54 Å². The van der Waals surface area contributed by atoms with E-state index >= 15 is 0 Å². The van der Waals surface area contributed by atoms with Gasteiger partial charge in [-0.3, -0.25) is 9.78 Å².